The van der Waals surface area contributed by atoms with Crippen LogP contribution < -0.4 is 10.6 Å². The molecule has 4 nitrogen and oxygen atoms in total. The van der Waals surface area contributed by atoms with Gasteiger partial charge in [0.25, 0.3) is 5.91 Å². The number of rotatable bonds is 1. The van der Waals surface area contributed by atoms with Gasteiger partial charge < -0.3 is 5.32 Å². The van der Waals surface area contributed by atoms with Crippen LogP contribution >= 0.6 is 0 Å². The molecule has 2 fully saturated rings. The zero-order valence-corrected chi connectivity index (χ0v) is 6.39. The molecule has 3 amide bonds. The standard InChI is InChI=1S/C7H9FN2O2/c8-3-4-1-7(2-4)5(11)9-6(12)10-7/h4H,1-3H2,(H2,9,10,11,12). The molecule has 0 radical (unpaired) electrons. The summed E-state index contributed by atoms with van der Waals surface area (Å²) in [7, 11) is 0. The summed E-state index contributed by atoms with van der Waals surface area (Å²) in [5.41, 5.74) is -0.770. The molecule has 2 N–H and O–H groups in total. The SMILES string of the molecule is O=C1NC(=O)C2(CC(CF)C2)N1. The third-order valence-corrected chi connectivity index (χ3v) is 2.51. The van der Waals surface area contributed by atoms with Crippen LogP contribution in [0.5, 0.6) is 0 Å². The molecule has 0 aromatic heterocycles. The molecule has 0 aromatic rings. The Morgan fingerprint density at radius 2 is 2.17 bits per heavy atom. The van der Waals surface area contributed by atoms with E-state index >= 15 is 0 Å². The third-order valence-electron chi connectivity index (χ3n) is 2.51. The van der Waals surface area contributed by atoms with Crippen molar-refractivity contribution in [2.24, 2.45) is 5.92 Å². The lowest BCUT2D eigenvalue weighted by Gasteiger charge is -2.40. The van der Waals surface area contributed by atoms with E-state index in [0.717, 1.165) is 0 Å². The zero-order valence-electron chi connectivity index (χ0n) is 6.39. The number of carbonyl (C=O) groups excluding carboxylic acids is 2. The fourth-order valence-electron chi connectivity index (χ4n) is 1.85. The number of nitrogens with one attached hydrogen (secondary N) is 2. The largest absolute Gasteiger partial charge is 0.323 e. The summed E-state index contributed by atoms with van der Waals surface area (Å²) < 4.78 is 12.1. The molecule has 2 rings (SSSR count). The highest BCUT2D eigenvalue weighted by Gasteiger charge is 2.55. The van der Waals surface area contributed by atoms with Crippen LogP contribution in [0.2, 0.25) is 0 Å². The Kier molecular flexibility index (Phi) is 1.37. The van der Waals surface area contributed by atoms with Crippen molar-refractivity contribution in [1.29, 1.82) is 0 Å². The Balaban J connectivity index is 2.06. The zero-order chi connectivity index (χ0) is 8.77. The molecule has 12 heavy (non-hydrogen) atoms. The summed E-state index contributed by atoms with van der Waals surface area (Å²) in [5, 5.41) is 4.66. The summed E-state index contributed by atoms with van der Waals surface area (Å²) in [5.74, 6) is -0.369. The van der Waals surface area contributed by atoms with Crippen molar-refractivity contribution in [3.8, 4) is 0 Å². The maximum atomic E-state index is 12.1. The average Bonchev–Trinajstić information content (AvgIpc) is 2.22. The maximum Gasteiger partial charge on any atom is 0.322 e. The molecule has 1 aliphatic heterocycles. The molecule has 2 aliphatic rings. The molecule has 0 bridgehead atoms. The van der Waals surface area contributed by atoms with Crippen molar-refractivity contribution >= 4 is 11.9 Å². The number of hydrogen-bond acceptors (Lipinski definition) is 2. The quantitative estimate of drug-likeness (QED) is 0.544. The molecule has 0 atom stereocenters. The number of alkyl halides is 1. The summed E-state index contributed by atoms with van der Waals surface area (Å²) in [4.78, 5) is 21.9. The van der Waals surface area contributed by atoms with Gasteiger partial charge in [-0.1, -0.05) is 0 Å². The Morgan fingerprint density at radius 1 is 1.50 bits per heavy atom. The minimum atomic E-state index is -0.770. The van der Waals surface area contributed by atoms with Gasteiger partial charge in [0.2, 0.25) is 0 Å². The van der Waals surface area contributed by atoms with Gasteiger partial charge in [0.1, 0.15) is 5.54 Å². The normalized spacial score (nSPS) is 39.2. The van der Waals surface area contributed by atoms with E-state index in [1.54, 1.807) is 0 Å². The van der Waals surface area contributed by atoms with Crippen LogP contribution in [-0.2, 0) is 4.79 Å². The minimum Gasteiger partial charge on any atom is -0.323 e. The van der Waals surface area contributed by atoms with E-state index in [-0.39, 0.29) is 11.8 Å². The average molecular weight is 172 g/mol. The number of carbonyl (C=O) groups is 2. The molecule has 0 unspecified atom stereocenters. The molecule has 1 spiro atoms. The van der Waals surface area contributed by atoms with Gasteiger partial charge in [-0.2, -0.15) is 0 Å². The van der Waals surface area contributed by atoms with Gasteiger partial charge in [0.15, 0.2) is 0 Å². The molecular weight excluding hydrogens is 163 g/mol. The Morgan fingerprint density at radius 3 is 2.58 bits per heavy atom. The van der Waals surface area contributed by atoms with Crippen molar-refractivity contribution < 1.29 is 14.0 Å². The lowest BCUT2D eigenvalue weighted by molar-refractivity contribution is -0.128. The summed E-state index contributed by atoms with van der Waals surface area (Å²) in [6.45, 7) is -0.412. The van der Waals surface area contributed by atoms with Gasteiger partial charge in [0, 0.05) is 0 Å². The van der Waals surface area contributed by atoms with Gasteiger partial charge in [0.05, 0.1) is 6.67 Å². The van der Waals surface area contributed by atoms with Crippen LogP contribution in [0.3, 0.4) is 0 Å². The lowest BCUT2D eigenvalue weighted by Crippen LogP contribution is -2.57. The predicted molar refractivity (Wildman–Crippen MR) is 38.1 cm³/mol. The fraction of sp³-hybridized carbons (Fsp3) is 0.714. The number of urea groups is 1. The maximum absolute atomic E-state index is 12.1. The van der Waals surface area contributed by atoms with Gasteiger partial charge in [-0.25, -0.2) is 4.79 Å². The Labute approximate surface area is 68.5 Å². The third kappa shape index (κ3) is 0.821. The molecule has 0 aromatic carbocycles. The molecular formula is C7H9FN2O2. The van der Waals surface area contributed by atoms with Crippen LogP contribution in [0.4, 0.5) is 9.18 Å². The van der Waals surface area contributed by atoms with Gasteiger partial charge in [-0.15, -0.1) is 0 Å². The predicted octanol–water partition coefficient (Wildman–Crippen LogP) is -0.0559. The van der Waals surface area contributed by atoms with E-state index in [4.69, 9.17) is 0 Å². The van der Waals surface area contributed by atoms with E-state index in [1.807, 2.05) is 0 Å². The Hall–Kier alpha value is -1.13. The molecule has 1 saturated carbocycles. The molecule has 1 heterocycles. The highest BCUT2D eigenvalue weighted by molar-refractivity contribution is 6.07. The molecule has 1 aliphatic carbocycles. The van der Waals surface area contributed by atoms with Crippen LogP contribution in [0.25, 0.3) is 0 Å². The minimum absolute atomic E-state index is 0.0610. The highest BCUT2D eigenvalue weighted by Crippen LogP contribution is 2.39. The van der Waals surface area contributed by atoms with Gasteiger partial charge in [-0.3, -0.25) is 14.5 Å². The van der Waals surface area contributed by atoms with Crippen molar-refractivity contribution in [2.45, 2.75) is 18.4 Å². The summed E-state index contributed by atoms with van der Waals surface area (Å²) in [6, 6.07) is -0.461. The highest BCUT2D eigenvalue weighted by atomic mass is 19.1. The number of amides is 3. The van der Waals surface area contributed by atoms with Crippen LogP contribution in [0.15, 0.2) is 0 Å². The fourth-order valence-corrected chi connectivity index (χ4v) is 1.85. The lowest BCUT2D eigenvalue weighted by atomic mass is 9.69. The van der Waals surface area contributed by atoms with Gasteiger partial charge >= 0.3 is 6.03 Å². The molecule has 66 valence electrons. The molecule has 5 heteroatoms. The van der Waals surface area contributed by atoms with Crippen molar-refractivity contribution in [1.82, 2.24) is 10.6 Å². The summed E-state index contributed by atoms with van der Waals surface area (Å²) in [6.07, 6.45) is 0.863. The van der Waals surface area contributed by atoms with Crippen molar-refractivity contribution in [2.75, 3.05) is 6.67 Å². The van der Waals surface area contributed by atoms with E-state index < -0.39 is 18.2 Å². The van der Waals surface area contributed by atoms with Crippen molar-refractivity contribution in [3.05, 3.63) is 0 Å². The van der Waals surface area contributed by atoms with E-state index in [9.17, 15) is 14.0 Å². The van der Waals surface area contributed by atoms with E-state index in [1.165, 1.54) is 0 Å². The first-order valence-corrected chi connectivity index (χ1v) is 3.86. The monoisotopic (exact) mass is 172 g/mol. The second-order valence-corrected chi connectivity index (χ2v) is 3.42. The second-order valence-electron chi connectivity index (χ2n) is 3.42. The number of imide groups is 1. The van der Waals surface area contributed by atoms with E-state index in [2.05, 4.69) is 10.6 Å². The van der Waals surface area contributed by atoms with Crippen molar-refractivity contribution in [3.63, 3.8) is 0 Å². The second kappa shape index (κ2) is 2.18. The first-order chi connectivity index (χ1) is 5.66. The number of halogens is 1. The number of hydrogen-bond donors (Lipinski definition) is 2. The van der Waals surface area contributed by atoms with Crippen LogP contribution in [0, 0.1) is 5.92 Å². The smallest absolute Gasteiger partial charge is 0.322 e. The van der Waals surface area contributed by atoms with Crippen LogP contribution in [-0.4, -0.2) is 24.2 Å². The van der Waals surface area contributed by atoms with Gasteiger partial charge in [-0.05, 0) is 18.8 Å². The van der Waals surface area contributed by atoms with Crippen LogP contribution in [0.1, 0.15) is 12.8 Å². The summed E-state index contributed by atoms with van der Waals surface area (Å²) >= 11 is 0. The Bertz CT molecular complexity index is 248. The molecule has 1 saturated heterocycles. The van der Waals surface area contributed by atoms with E-state index in [0.29, 0.717) is 12.8 Å². The first kappa shape index (κ1) is 7.52. The topological polar surface area (TPSA) is 58.2 Å². The first-order valence-electron chi connectivity index (χ1n) is 3.86.